The number of hydrogen-bond acceptors (Lipinski definition) is 6. The van der Waals surface area contributed by atoms with Crippen LogP contribution in [0.5, 0.6) is 0 Å². The first kappa shape index (κ1) is 18.2. The van der Waals surface area contributed by atoms with E-state index < -0.39 is 0 Å². The van der Waals surface area contributed by atoms with Gasteiger partial charge in [-0.05, 0) is 19.9 Å². The number of hydrogen-bond donors (Lipinski definition) is 0. The van der Waals surface area contributed by atoms with E-state index in [2.05, 4.69) is 4.98 Å². The van der Waals surface area contributed by atoms with Crippen molar-refractivity contribution in [3.8, 4) is 0 Å². The van der Waals surface area contributed by atoms with Gasteiger partial charge in [-0.25, -0.2) is 4.98 Å². The molecule has 0 aromatic carbocycles. The number of rotatable bonds is 4. The number of likely N-dealkylation sites (N-methyl/N-ethyl adjacent to an activating group) is 1. The van der Waals surface area contributed by atoms with Crippen LogP contribution in [-0.2, 0) is 11.8 Å². The first-order valence-electron chi connectivity index (χ1n) is 8.57. The third-order valence-electron chi connectivity index (χ3n) is 4.54. The molecule has 1 amide bonds. The lowest BCUT2D eigenvalue weighted by Crippen LogP contribution is -2.50. The first-order chi connectivity index (χ1) is 12.4. The van der Waals surface area contributed by atoms with Crippen molar-refractivity contribution >= 4 is 11.7 Å². The van der Waals surface area contributed by atoms with E-state index >= 15 is 0 Å². The summed E-state index contributed by atoms with van der Waals surface area (Å²) in [5.74, 6) is 1.67. The summed E-state index contributed by atoms with van der Waals surface area (Å²) in [6.45, 7) is 5.55. The first-order valence-corrected chi connectivity index (χ1v) is 8.57. The van der Waals surface area contributed by atoms with Crippen molar-refractivity contribution in [2.24, 2.45) is 7.05 Å². The summed E-state index contributed by atoms with van der Waals surface area (Å²) in [5, 5.41) is 0. The zero-order valence-corrected chi connectivity index (χ0v) is 15.6. The van der Waals surface area contributed by atoms with Crippen molar-refractivity contribution in [3.63, 3.8) is 0 Å². The minimum atomic E-state index is -0.197. The van der Waals surface area contributed by atoms with E-state index in [0.29, 0.717) is 43.4 Å². The van der Waals surface area contributed by atoms with Crippen molar-refractivity contribution in [2.75, 3.05) is 38.2 Å². The number of anilines is 1. The molecule has 3 heterocycles. The molecule has 8 heteroatoms. The number of amides is 1. The molecular weight excluding hydrogens is 336 g/mol. The minimum absolute atomic E-state index is 0.0518. The van der Waals surface area contributed by atoms with Crippen LogP contribution in [0.15, 0.2) is 27.7 Å². The molecule has 0 saturated carbocycles. The van der Waals surface area contributed by atoms with Crippen LogP contribution in [0.4, 0.5) is 5.82 Å². The van der Waals surface area contributed by atoms with E-state index in [0.717, 1.165) is 5.76 Å². The Morgan fingerprint density at radius 3 is 2.88 bits per heavy atom. The fourth-order valence-electron chi connectivity index (χ4n) is 3.17. The maximum atomic E-state index is 12.8. The molecule has 140 valence electrons. The molecule has 26 heavy (non-hydrogen) atoms. The van der Waals surface area contributed by atoms with Gasteiger partial charge in [-0.15, -0.1) is 0 Å². The molecule has 1 aliphatic rings. The number of carbonyl (C=O) groups is 1. The molecule has 0 radical (unpaired) electrons. The molecule has 0 N–H and O–H groups in total. The Balaban J connectivity index is 1.68. The fraction of sp³-hybridized carbons (Fsp3) is 0.500. The molecule has 3 rings (SSSR count). The van der Waals surface area contributed by atoms with Crippen molar-refractivity contribution < 1.29 is 13.9 Å². The van der Waals surface area contributed by atoms with E-state index in [-0.39, 0.29) is 17.6 Å². The van der Waals surface area contributed by atoms with Gasteiger partial charge in [0.05, 0.1) is 18.3 Å². The maximum absolute atomic E-state index is 12.8. The highest BCUT2D eigenvalue weighted by atomic mass is 16.5. The van der Waals surface area contributed by atoms with Crippen molar-refractivity contribution in [3.05, 3.63) is 45.9 Å². The van der Waals surface area contributed by atoms with Gasteiger partial charge < -0.3 is 23.5 Å². The zero-order valence-electron chi connectivity index (χ0n) is 15.6. The quantitative estimate of drug-likeness (QED) is 0.808. The van der Waals surface area contributed by atoms with Crippen LogP contribution in [0, 0.1) is 13.8 Å². The third-order valence-corrected chi connectivity index (χ3v) is 4.54. The highest BCUT2D eigenvalue weighted by Gasteiger charge is 2.28. The molecule has 2 aromatic heterocycles. The number of ether oxygens (including phenoxy) is 1. The Morgan fingerprint density at radius 1 is 1.42 bits per heavy atom. The molecule has 1 aliphatic heterocycles. The van der Waals surface area contributed by atoms with Gasteiger partial charge in [-0.2, -0.15) is 0 Å². The van der Waals surface area contributed by atoms with E-state index in [9.17, 15) is 9.59 Å². The van der Waals surface area contributed by atoms with Gasteiger partial charge in [-0.1, -0.05) is 0 Å². The third kappa shape index (κ3) is 3.65. The summed E-state index contributed by atoms with van der Waals surface area (Å²) in [7, 11) is 3.49. The average molecular weight is 360 g/mol. The van der Waals surface area contributed by atoms with Gasteiger partial charge in [0.1, 0.15) is 11.5 Å². The lowest BCUT2D eigenvalue weighted by Gasteiger charge is -2.34. The molecule has 2 aromatic rings. The SMILES string of the molecule is Cc1cc(C(=O)N2CCO[C@H](CN(C)c3nccn(C)c3=O)C2)c(C)o1. The Hall–Kier alpha value is -2.61. The molecular formula is C18H24N4O4. The summed E-state index contributed by atoms with van der Waals surface area (Å²) in [6.07, 6.45) is 3.01. The summed E-state index contributed by atoms with van der Waals surface area (Å²) in [4.78, 5) is 32.7. The van der Waals surface area contributed by atoms with Crippen LogP contribution in [-0.4, -0.2) is 59.8 Å². The fourth-order valence-corrected chi connectivity index (χ4v) is 3.17. The highest BCUT2D eigenvalue weighted by Crippen LogP contribution is 2.18. The van der Waals surface area contributed by atoms with Crippen molar-refractivity contribution in [2.45, 2.75) is 20.0 Å². The predicted octanol–water partition coefficient (Wildman–Crippen LogP) is 0.968. The van der Waals surface area contributed by atoms with Crippen molar-refractivity contribution in [1.82, 2.24) is 14.5 Å². The molecule has 0 spiro atoms. The summed E-state index contributed by atoms with van der Waals surface area (Å²) >= 11 is 0. The molecule has 0 unspecified atom stereocenters. The van der Waals surface area contributed by atoms with Crippen LogP contribution in [0.25, 0.3) is 0 Å². The second-order valence-corrected chi connectivity index (χ2v) is 6.62. The van der Waals surface area contributed by atoms with Gasteiger partial charge >= 0.3 is 0 Å². The van der Waals surface area contributed by atoms with Crippen LogP contribution >= 0.6 is 0 Å². The molecule has 0 aliphatic carbocycles. The molecule has 1 fully saturated rings. The Morgan fingerprint density at radius 2 is 2.19 bits per heavy atom. The number of aryl methyl sites for hydroxylation is 3. The van der Waals surface area contributed by atoms with Crippen LogP contribution < -0.4 is 10.5 Å². The van der Waals surface area contributed by atoms with E-state index in [4.69, 9.17) is 9.15 Å². The molecule has 8 nitrogen and oxygen atoms in total. The average Bonchev–Trinajstić information content (AvgIpc) is 2.95. The topological polar surface area (TPSA) is 80.8 Å². The van der Waals surface area contributed by atoms with Gasteiger partial charge in [0.15, 0.2) is 5.82 Å². The molecule has 1 saturated heterocycles. The normalized spacial score (nSPS) is 17.4. The lowest BCUT2D eigenvalue weighted by molar-refractivity contribution is -0.0172. The predicted molar refractivity (Wildman–Crippen MR) is 96.6 cm³/mol. The summed E-state index contributed by atoms with van der Waals surface area (Å²) in [5.41, 5.74) is 0.429. The highest BCUT2D eigenvalue weighted by molar-refractivity contribution is 5.95. The number of carbonyl (C=O) groups excluding carboxylic acids is 1. The second-order valence-electron chi connectivity index (χ2n) is 6.62. The van der Waals surface area contributed by atoms with Crippen LogP contribution in [0.2, 0.25) is 0 Å². The Labute approximate surface area is 152 Å². The largest absolute Gasteiger partial charge is 0.466 e. The maximum Gasteiger partial charge on any atom is 0.293 e. The number of nitrogens with zero attached hydrogens (tertiary/aromatic N) is 4. The van der Waals surface area contributed by atoms with Gasteiger partial charge in [0, 0.05) is 46.1 Å². The number of aromatic nitrogens is 2. The van der Waals surface area contributed by atoms with Gasteiger partial charge in [-0.3, -0.25) is 9.59 Å². The van der Waals surface area contributed by atoms with Gasteiger partial charge in [0.25, 0.3) is 11.5 Å². The van der Waals surface area contributed by atoms with E-state index in [1.54, 1.807) is 49.3 Å². The van der Waals surface area contributed by atoms with Crippen LogP contribution in [0.3, 0.4) is 0 Å². The van der Waals surface area contributed by atoms with E-state index in [1.165, 1.54) is 4.57 Å². The monoisotopic (exact) mass is 360 g/mol. The Kier molecular flexibility index (Phi) is 5.13. The van der Waals surface area contributed by atoms with E-state index in [1.807, 2.05) is 6.92 Å². The lowest BCUT2D eigenvalue weighted by atomic mass is 10.2. The number of furan rings is 1. The smallest absolute Gasteiger partial charge is 0.293 e. The standard InChI is InChI=1S/C18H24N4O4/c1-12-9-15(13(2)26-12)17(23)22-7-8-25-14(11-22)10-21(4)16-18(24)20(3)6-5-19-16/h5-6,9,14H,7-8,10-11H2,1-4H3/t14-/m1/s1. The second kappa shape index (κ2) is 7.33. The Bertz CT molecular complexity index is 857. The number of morpholine rings is 1. The molecule has 0 bridgehead atoms. The minimum Gasteiger partial charge on any atom is -0.466 e. The summed E-state index contributed by atoms with van der Waals surface area (Å²) in [6, 6.07) is 1.77. The zero-order chi connectivity index (χ0) is 18.8. The van der Waals surface area contributed by atoms with Crippen molar-refractivity contribution in [1.29, 1.82) is 0 Å². The van der Waals surface area contributed by atoms with Gasteiger partial charge in [0.2, 0.25) is 0 Å². The molecule has 1 atom stereocenters. The summed E-state index contributed by atoms with van der Waals surface area (Å²) < 4.78 is 12.8. The van der Waals surface area contributed by atoms with Crippen LogP contribution in [0.1, 0.15) is 21.9 Å².